The Hall–Kier alpha value is -2.56. The fourth-order valence-corrected chi connectivity index (χ4v) is 5.85. The van der Waals surface area contributed by atoms with Crippen molar-refractivity contribution in [2.24, 2.45) is 5.92 Å². The Morgan fingerprint density at radius 3 is 2.45 bits per heavy atom. The van der Waals surface area contributed by atoms with Crippen LogP contribution >= 0.6 is 7.37 Å². The molecule has 0 aliphatic carbocycles. The molecule has 0 fully saturated rings. The van der Waals surface area contributed by atoms with Gasteiger partial charge < -0.3 is 19.5 Å². The molecule has 154 valence electrons. The summed E-state index contributed by atoms with van der Waals surface area (Å²) >= 11 is 0. The van der Waals surface area contributed by atoms with Gasteiger partial charge in [-0.25, -0.2) is 0 Å². The van der Waals surface area contributed by atoms with Gasteiger partial charge in [-0.1, -0.05) is 43.0 Å². The van der Waals surface area contributed by atoms with E-state index in [0.717, 1.165) is 11.1 Å². The molecule has 0 saturated carbocycles. The summed E-state index contributed by atoms with van der Waals surface area (Å²) in [7, 11) is -3.48. The van der Waals surface area contributed by atoms with E-state index in [1.807, 2.05) is 24.3 Å². The van der Waals surface area contributed by atoms with Crippen molar-refractivity contribution in [1.29, 1.82) is 0 Å². The second kappa shape index (κ2) is 8.05. The summed E-state index contributed by atoms with van der Waals surface area (Å²) in [5.74, 6) is -1.33. The first-order valence-electron chi connectivity index (χ1n) is 9.32. The lowest BCUT2D eigenvalue weighted by Gasteiger charge is -2.30. The van der Waals surface area contributed by atoms with Crippen LogP contribution in [0.5, 0.6) is 5.75 Å². The van der Waals surface area contributed by atoms with Gasteiger partial charge in [0.05, 0.1) is 28.7 Å². The number of ether oxygens (including phenoxy) is 1. The number of aliphatic hydroxyl groups is 2. The molecule has 0 bridgehead atoms. The second-order valence-electron chi connectivity index (χ2n) is 7.85. The predicted molar refractivity (Wildman–Crippen MR) is 112 cm³/mol. The van der Waals surface area contributed by atoms with Crippen LogP contribution in [0.1, 0.15) is 20.3 Å². The number of benzene rings is 2. The van der Waals surface area contributed by atoms with Gasteiger partial charge in [0.15, 0.2) is 0 Å². The van der Waals surface area contributed by atoms with E-state index in [0.29, 0.717) is 11.1 Å². The lowest BCUT2D eigenvalue weighted by molar-refractivity contribution is -0.154. The third-order valence-electron chi connectivity index (χ3n) is 4.54. The van der Waals surface area contributed by atoms with E-state index in [9.17, 15) is 19.6 Å². The SMILES string of the molecule is C=C(O)CC(CP1(=O)Oc2ccccc2-c2ccccc21)C(=O)OCC(C)(C)O. The molecule has 6 nitrogen and oxygen atoms in total. The molecule has 2 N–H and O–H groups in total. The standard InChI is InChI=1S/C22H25O6P/c1-15(23)12-16(21(24)27-14-22(2,3)25)13-29(26)20-11-7-5-9-18(20)17-8-4-6-10-19(17)28-29/h4-11,16,23,25H,1,12-14H2,2-3H3. The Bertz CT molecular complexity index is 975. The highest BCUT2D eigenvalue weighted by atomic mass is 31.2. The van der Waals surface area contributed by atoms with Crippen LogP contribution in [0, 0.1) is 5.92 Å². The average molecular weight is 416 g/mol. The predicted octanol–water partition coefficient (Wildman–Crippen LogP) is 4.04. The van der Waals surface area contributed by atoms with Crippen molar-refractivity contribution in [3.8, 4) is 16.9 Å². The van der Waals surface area contributed by atoms with Gasteiger partial charge in [-0.05, 0) is 31.5 Å². The van der Waals surface area contributed by atoms with E-state index in [-0.39, 0.29) is 24.9 Å². The third-order valence-corrected chi connectivity index (χ3v) is 7.08. The number of esters is 1. The maximum atomic E-state index is 13.9. The summed E-state index contributed by atoms with van der Waals surface area (Å²) in [6, 6.07) is 14.5. The van der Waals surface area contributed by atoms with E-state index in [2.05, 4.69) is 6.58 Å². The van der Waals surface area contributed by atoms with Crippen molar-refractivity contribution in [2.75, 3.05) is 12.8 Å². The molecular weight excluding hydrogens is 391 g/mol. The minimum Gasteiger partial charge on any atom is -0.513 e. The molecule has 0 aromatic heterocycles. The van der Waals surface area contributed by atoms with Crippen LogP contribution in [0.25, 0.3) is 11.1 Å². The number of allylic oxidation sites excluding steroid dienone is 1. The zero-order chi connectivity index (χ0) is 21.2. The molecule has 1 aliphatic heterocycles. The second-order valence-corrected chi connectivity index (χ2v) is 10.2. The molecule has 0 saturated heterocycles. The van der Waals surface area contributed by atoms with Crippen LogP contribution in [0.15, 0.2) is 60.9 Å². The Balaban J connectivity index is 1.94. The number of fused-ring (bicyclic) bond motifs is 3. The average Bonchev–Trinajstić information content (AvgIpc) is 2.65. The zero-order valence-corrected chi connectivity index (χ0v) is 17.4. The van der Waals surface area contributed by atoms with Crippen molar-refractivity contribution >= 4 is 18.6 Å². The molecular formula is C22H25O6P. The van der Waals surface area contributed by atoms with Crippen molar-refractivity contribution in [3.63, 3.8) is 0 Å². The van der Waals surface area contributed by atoms with Gasteiger partial charge in [-0.3, -0.25) is 9.36 Å². The number of hydrogen-bond donors (Lipinski definition) is 2. The van der Waals surface area contributed by atoms with Crippen LogP contribution in [0.3, 0.4) is 0 Å². The first kappa shape index (κ1) is 21.2. The van der Waals surface area contributed by atoms with Crippen LogP contribution in [-0.4, -0.2) is 34.6 Å². The van der Waals surface area contributed by atoms with Crippen molar-refractivity contribution in [2.45, 2.75) is 25.9 Å². The summed E-state index contributed by atoms with van der Waals surface area (Å²) in [5, 5.41) is 20.0. The minimum atomic E-state index is -3.48. The molecule has 0 radical (unpaired) electrons. The van der Waals surface area contributed by atoms with Crippen molar-refractivity contribution in [1.82, 2.24) is 0 Å². The molecule has 3 rings (SSSR count). The topological polar surface area (TPSA) is 93.1 Å². The Morgan fingerprint density at radius 1 is 1.17 bits per heavy atom. The van der Waals surface area contributed by atoms with Gasteiger partial charge in [-0.2, -0.15) is 0 Å². The first-order valence-corrected chi connectivity index (χ1v) is 11.1. The van der Waals surface area contributed by atoms with Crippen LogP contribution < -0.4 is 9.83 Å². The third kappa shape index (κ3) is 4.89. The lowest BCUT2D eigenvalue weighted by Crippen LogP contribution is -2.33. The number of carbonyl (C=O) groups excluding carboxylic acids is 1. The molecule has 2 aromatic rings. The monoisotopic (exact) mass is 416 g/mol. The number of para-hydroxylation sites is 1. The first-order chi connectivity index (χ1) is 13.6. The summed E-state index contributed by atoms with van der Waals surface area (Å²) in [6.07, 6.45) is -0.259. The van der Waals surface area contributed by atoms with E-state index in [1.54, 1.807) is 24.3 Å². The van der Waals surface area contributed by atoms with E-state index in [1.165, 1.54) is 13.8 Å². The van der Waals surface area contributed by atoms with Gasteiger partial charge in [0.25, 0.3) is 7.37 Å². The van der Waals surface area contributed by atoms with Gasteiger partial charge in [-0.15, -0.1) is 0 Å². The van der Waals surface area contributed by atoms with Crippen LogP contribution in [-0.2, 0) is 14.1 Å². The molecule has 1 heterocycles. The summed E-state index contributed by atoms with van der Waals surface area (Å²) in [6.45, 7) is 6.26. The Morgan fingerprint density at radius 2 is 1.79 bits per heavy atom. The highest BCUT2D eigenvalue weighted by Gasteiger charge is 2.40. The van der Waals surface area contributed by atoms with Crippen molar-refractivity contribution < 1.29 is 28.8 Å². The number of carbonyl (C=O) groups is 1. The lowest BCUT2D eigenvalue weighted by atomic mass is 10.0. The molecule has 0 spiro atoms. The van der Waals surface area contributed by atoms with Gasteiger partial charge in [0, 0.05) is 12.0 Å². The van der Waals surface area contributed by atoms with Crippen LogP contribution in [0.4, 0.5) is 0 Å². The van der Waals surface area contributed by atoms with E-state index >= 15 is 0 Å². The fourth-order valence-electron chi connectivity index (χ4n) is 3.27. The maximum Gasteiger partial charge on any atom is 0.310 e. The fraction of sp³-hybridized carbons (Fsp3) is 0.318. The summed E-state index contributed by atoms with van der Waals surface area (Å²) < 4.78 is 25.1. The van der Waals surface area contributed by atoms with Crippen LogP contribution in [0.2, 0.25) is 0 Å². The molecule has 2 aromatic carbocycles. The largest absolute Gasteiger partial charge is 0.513 e. The molecule has 29 heavy (non-hydrogen) atoms. The zero-order valence-electron chi connectivity index (χ0n) is 16.5. The normalized spacial score (nSPS) is 18.7. The minimum absolute atomic E-state index is 0.109. The molecule has 2 atom stereocenters. The Kier molecular flexibility index (Phi) is 5.87. The molecule has 0 amide bonds. The van der Waals surface area contributed by atoms with Gasteiger partial charge >= 0.3 is 5.97 Å². The van der Waals surface area contributed by atoms with Gasteiger partial charge in [0.1, 0.15) is 12.4 Å². The highest BCUT2D eigenvalue weighted by Crippen LogP contribution is 2.55. The smallest absolute Gasteiger partial charge is 0.310 e. The number of hydrogen-bond acceptors (Lipinski definition) is 6. The van der Waals surface area contributed by atoms with Crippen molar-refractivity contribution in [3.05, 3.63) is 60.9 Å². The van der Waals surface area contributed by atoms with E-state index < -0.39 is 24.9 Å². The maximum absolute atomic E-state index is 13.9. The summed E-state index contributed by atoms with van der Waals surface area (Å²) in [5.41, 5.74) is 0.430. The molecule has 7 heteroatoms. The quantitative estimate of drug-likeness (QED) is 0.402. The van der Waals surface area contributed by atoms with Gasteiger partial charge in [0.2, 0.25) is 0 Å². The number of rotatable bonds is 7. The highest BCUT2D eigenvalue weighted by molar-refractivity contribution is 7.67. The Labute approximate surface area is 170 Å². The van der Waals surface area contributed by atoms with E-state index in [4.69, 9.17) is 9.26 Å². The summed E-state index contributed by atoms with van der Waals surface area (Å²) in [4.78, 5) is 12.6. The molecule has 2 unspecified atom stereocenters. The number of aliphatic hydroxyl groups excluding tert-OH is 1. The molecule has 1 aliphatic rings.